The van der Waals surface area contributed by atoms with Gasteiger partial charge in [-0.15, -0.1) is 0 Å². The number of fused-ring (bicyclic) bond motifs is 1. The first kappa shape index (κ1) is 18.1. The van der Waals surface area contributed by atoms with Gasteiger partial charge in [0.15, 0.2) is 0 Å². The van der Waals surface area contributed by atoms with E-state index in [2.05, 4.69) is 15.5 Å². The molecule has 2 aliphatic heterocycles. The summed E-state index contributed by atoms with van der Waals surface area (Å²) in [6.07, 6.45) is 0.695. The van der Waals surface area contributed by atoms with Crippen LogP contribution in [0.2, 0.25) is 0 Å². The van der Waals surface area contributed by atoms with Crippen molar-refractivity contribution in [3.8, 4) is 0 Å². The maximum atomic E-state index is 13.0. The SMILES string of the molecule is CC(CCC(=O)NC=O)N1C(=O)c2cccc(N3CCNCC3)c2C1=O. The zero-order valence-electron chi connectivity index (χ0n) is 14.7. The standard InChI is InChI=1S/C18H22N4O4/c1-12(5-6-15(24)20-11-23)22-17(25)13-3-2-4-14(16(13)18(22)26)21-9-7-19-8-10-21/h2-4,11-12,19H,5-10H2,1H3,(H,20,23,24). The molecule has 1 saturated heterocycles. The van der Waals surface area contributed by atoms with Crippen LogP contribution in [-0.4, -0.2) is 61.3 Å². The number of carbonyl (C=O) groups excluding carboxylic acids is 4. The van der Waals surface area contributed by atoms with E-state index >= 15 is 0 Å². The predicted molar refractivity (Wildman–Crippen MR) is 94.9 cm³/mol. The van der Waals surface area contributed by atoms with Crippen LogP contribution in [0.15, 0.2) is 18.2 Å². The van der Waals surface area contributed by atoms with Crippen molar-refractivity contribution in [2.75, 3.05) is 31.1 Å². The van der Waals surface area contributed by atoms with Crippen LogP contribution >= 0.6 is 0 Å². The molecule has 1 unspecified atom stereocenters. The number of benzene rings is 1. The predicted octanol–water partition coefficient (Wildman–Crippen LogP) is 0.134. The highest BCUT2D eigenvalue weighted by Gasteiger charge is 2.40. The zero-order chi connectivity index (χ0) is 18.7. The Kier molecular flexibility index (Phi) is 5.32. The molecule has 0 radical (unpaired) electrons. The lowest BCUT2D eigenvalue weighted by Crippen LogP contribution is -2.44. The van der Waals surface area contributed by atoms with E-state index < -0.39 is 11.9 Å². The lowest BCUT2D eigenvalue weighted by molar-refractivity contribution is -0.125. The molecule has 0 bridgehead atoms. The van der Waals surface area contributed by atoms with Crippen molar-refractivity contribution in [2.24, 2.45) is 0 Å². The van der Waals surface area contributed by atoms with Crippen LogP contribution in [0.25, 0.3) is 0 Å². The molecular weight excluding hydrogens is 336 g/mol. The highest BCUT2D eigenvalue weighted by atomic mass is 16.2. The van der Waals surface area contributed by atoms with Gasteiger partial charge in [-0.25, -0.2) is 0 Å². The highest BCUT2D eigenvalue weighted by Crippen LogP contribution is 2.33. The number of hydrogen-bond donors (Lipinski definition) is 2. The molecule has 2 aliphatic rings. The van der Waals surface area contributed by atoms with Crippen LogP contribution < -0.4 is 15.5 Å². The molecule has 2 N–H and O–H groups in total. The second kappa shape index (κ2) is 7.65. The van der Waals surface area contributed by atoms with Crippen LogP contribution in [0, 0.1) is 0 Å². The number of piperazine rings is 1. The second-order valence-electron chi connectivity index (χ2n) is 6.49. The van der Waals surface area contributed by atoms with Crippen LogP contribution in [0.3, 0.4) is 0 Å². The van der Waals surface area contributed by atoms with Crippen LogP contribution in [-0.2, 0) is 9.59 Å². The molecule has 1 atom stereocenters. The normalized spacial score (nSPS) is 17.9. The van der Waals surface area contributed by atoms with Crippen molar-refractivity contribution >= 4 is 29.8 Å². The molecule has 8 heteroatoms. The Bertz CT molecular complexity index is 743. The summed E-state index contributed by atoms with van der Waals surface area (Å²) in [4.78, 5) is 50.9. The summed E-state index contributed by atoms with van der Waals surface area (Å²) in [7, 11) is 0. The van der Waals surface area contributed by atoms with Crippen molar-refractivity contribution in [1.82, 2.24) is 15.5 Å². The number of carbonyl (C=O) groups is 4. The maximum Gasteiger partial charge on any atom is 0.263 e. The van der Waals surface area contributed by atoms with Gasteiger partial charge in [0, 0.05) is 38.6 Å². The summed E-state index contributed by atoms with van der Waals surface area (Å²) in [6.45, 7) is 4.95. The average Bonchev–Trinajstić information content (AvgIpc) is 2.92. The smallest absolute Gasteiger partial charge is 0.263 e. The number of hydrogen-bond acceptors (Lipinski definition) is 6. The van der Waals surface area contributed by atoms with Crippen molar-refractivity contribution in [2.45, 2.75) is 25.8 Å². The van der Waals surface area contributed by atoms with Crippen LogP contribution in [0.4, 0.5) is 5.69 Å². The summed E-state index contributed by atoms with van der Waals surface area (Å²) in [5.74, 6) is -1.07. The minimum Gasteiger partial charge on any atom is -0.368 e. The van der Waals surface area contributed by atoms with Gasteiger partial charge < -0.3 is 10.2 Å². The number of imide groups is 2. The van der Waals surface area contributed by atoms with Crippen LogP contribution in [0.5, 0.6) is 0 Å². The van der Waals surface area contributed by atoms with Gasteiger partial charge in [0.2, 0.25) is 12.3 Å². The quantitative estimate of drug-likeness (QED) is 0.554. The molecule has 138 valence electrons. The molecular formula is C18H22N4O4. The number of amides is 4. The number of nitrogens with one attached hydrogen (secondary N) is 2. The van der Waals surface area contributed by atoms with E-state index in [1.54, 1.807) is 19.1 Å². The van der Waals surface area contributed by atoms with Gasteiger partial charge in [-0.3, -0.25) is 29.4 Å². The molecule has 1 aromatic rings. The monoisotopic (exact) mass is 358 g/mol. The third kappa shape index (κ3) is 3.32. The molecule has 1 fully saturated rings. The van der Waals surface area contributed by atoms with Crippen LogP contribution in [0.1, 0.15) is 40.5 Å². The highest BCUT2D eigenvalue weighted by molar-refractivity contribution is 6.24. The fourth-order valence-corrected chi connectivity index (χ4v) is 3.46. The molecule has 8 nitrogen and oxygen atoms in total. The molecule has 3 rings (SSSR count). The van der Waals surface area contributed by atoms with Gasteiger partial charge >= 0.3 is 0 Å². The maximum absolute atomic E-state index is 13.0. The average molecular weight is 358 g/mol. The van der Waals surface area contributed by atoms with Gasteiger partial charge in [0.1, 0.15) is 0 Å². The first-order valence-corrected chi connectivity index (χ1v) is 8.74. The largest absolute Gasteiger partial charge is 0.368 e. The summed E-state index contributed by atoms with van der Waals surface area (Å²) in [6, 6.07) is 4.91. The summed E-state index contributed by atoms with van der Waals surface area (Å²) >= 11 is 0. The third-order valence-corrected chi connectivity index (χ3v) is 4.83. The third-order valence-electron chi connectivity index (χ3n) is 4.83. The van der Waals surface area contributed by atoms with Gasteiger partial charge in [-0.1, -0.05) is 6.07 Å². The van der Waals surface area contributed by atoms with Gasteiger partial charge in [-0.05, 0) is 25.5 Å². The number of anilines is 1. The fraction of sp³-hybridized carbons (Fsp3) is 0.444. The molecule has 26 heavy (non-hydrogen) atoms. The molecule has 4 amide bonds. The molecule has 2 heterocycles. The molecule has 0 aliphatic carbocycles. The molecule has 0 aromatic heterocycles. The second-order valence-corrected chi connectivity index (χ2v) is 6.49. The molecule has 0 saturated carbocycles. The van der Waals surface area contributed by atoms with Gasteiger partial charge in [0.25, 0.3) is 11.8 Å². The molecule has 0 spiro atoms. The Morgan fingerprint density at radius 3 is 2.69 bits per heavy atom. The lowest BCUT2D eigenvalue weighted by Gasteiger charge is -2.30. The Morgan fingerprint density at radius 1 is 1.27 bits per heavy atom. The van der Waals surface area contributed by atoms with Crippen molar-refractivity contribution < 1.29 is 19.2 Å². The first-order chi connectivity index (χ1) is 12.5. The Balaban J connectivity index is 1.81. The first-order valence-electron chi connectivity index (χ1n) is 8.74. The van der Waals surface area contributed by atoms with E-state index in [1.165, 1.54) is 4.90 Å². The van der Waals surface area contributed by atoms with E-state index in [-0.39, 0.29) is 18.2 Å². The Morgan fingerprint density at radius 2 is 2.00 bits per heavy atom. The topological polar surface area (TPSA) is 98.8 Å². The van der Waals surface area contributed by atoms with E-state index in [0.29, 0.717) is 24.0 Å². The zero-order valence-corrected chi connectivity index (χ0v) is 14.7. The Labute approximate surface area is 151 Å². The minimum atomic E-state index is -0.435. The minimum absolute atomic E-state index is 0.0674. The van der Waals surface area contributed by atoms with E-state index in [1.807, 2.05) is 6.07 Å². The number of rotatable bonds is 6. The van der Waals surface area contributed by atoms with Crippen molar-refractivity contribution in [1.29, 1.82) is 0 Å². The van der Waals surface area contributed by atoms with Crippen molar-refractivity contribution in [3.63, 3.8) is 0 Å². The van der Waals surface area contributed by atoms with E-state index in [4.69, 9.17) is 0 Å². The van der Waals surface area contributed by atoms with E-state index in [9.17, 15) is 19.2 Å². The number of nitrogens with zero attached hydrogens (tertiary/aromatic N) is 2. The Hall–Kier alpha value is -2.74. The van der Waals surface area contributed by atoms with E-state index in [0.717, 1.165) is 31.9 Å². The molecule has 1 aromatic carbocycles. The van der Waals surface area contributed by atoms with Gasteiger partial charge in [-0.2, -0.15) is 0 Å². The fourth-order valence-electron chi connectivity index (χ4n) is 3.46. The lowest BCUT2D eigenvalue weighted by atomic mass is 10.1. The summed E-state index contributed by atoms with van der Waals surface area (Å²) < 4.78 is 0. The summed E-state index contributed by atoms with van der Waals surface area (Å²) in [5, 5.41) is 5.33. The van der Waals surface area contributed by atoms with Gasteiger partial charge in [0.05, 0.1) is 16.8 Å². The summed E-state index contributed by atoms with van der Waals surface area (Å²) in [5.41, 5.74) is 1.65. The van der Waals surface area contributed by atoms with Crippen molar-refractivity contribution in [3.05, 3.63) is 29.3 Å².